The summed E-state index contributed by atoms with van der Waals surface area (Å²) in [5.74, 6) is 0. The number of halogens is 1. The minimum atomic E-state index is 0. The molecule has 16 heavy (non-hydrogen) atoms. The van der Waals surface area contributed by atoms with Crippen LogP contribution in [-0.2, 0) is 0 Å². The minimum Gasteiger partial charge on any atom is -1.00 e. The first-order chi connectivity index (χ1) is 7.31. The molecule has 1 heterocycles. The average molecular weight is 348 g/mol. The van der Waals surface area contributed by atoms with Gasteiger partial charge >= 0.3 is 0 Å². The molecule has 2 nitrogen and oxygen atoms in total. The third kappa shape index (κ3) is 3.13. The van der Waals surface area contributed by atoms with E-state index in [-0.39, 0.29) is 24.0 Å². The van der Waals surface area contributed by atoms with Crippen molar-refractivity contribution in [1.82, 2.24) is 0 Å². The monoisotopic (exact) mass is 348 g/mol. The molecule has 0 atom stereocenters. The molecule has 1 aliphatic rings. The Labute approximate surface area is 118 Å². The van der Waals surface area contributed by atoms with Crippen molar-refractivity contribution in [2.24, 2.45) is 0 Å². The van der Waals surface area contributed by atoms with Crippen LogP contribution in [0.1, 0.15) is 19.3 Å². The number of nitrogen functional groups attached to an aromatic ring is 1. The second-order valence-electron chi connectivity index (χ2n) is 3.80. The lowest BCUT2D eigenvalue weighted by Crippen LogP contribution is -3.00. The normalized spacial score (nSPS) is 15.8. The summed E-state index contributed by atoms with van der Waals surface area (Å²) in [6.45, 7) is 1.14. The molecule has 88 valence electrons. The van der Waals surface area contributed by atoms with E-state index >= 15 is 0 Å². The van der Waals surface area contributed by atoms with Crippen molar-refractivity contribution in [3.8, 4) is 0 Å². The molecule has 0 bridgehead atoms. The Morgan fingerprint density at radius 2 is 1.88 bits per heavy atom. The summed E-state index contributed by atoms with van der Waals surface area (Å²) in [4.78, 5) is 0. The van der Waals surface area contributed by atoms with Crippen LogP contribution in [0.3, 0.4) is 0 Å². The van der Waals surface area contributed by atoms with E-state index in [0.717, 1.165) is 12.2 Å². The first-order valence-corrected chi connectivity index (χ1v) is 6.56. The number of hydrogen-bond acceptors (Lipinski definition) is 2. The second-order valence-corrected chi connectivity index (χ2v) is 4.68. The summed E-state index contributed by atoms with van der Waals surface area (Å²) >= 11 is 1.86. The fraction of sp³-hybridized carbons (Fsp3) is 0.417. The van der Waals surface area contributed by atoms with Gasteiger partial charge in [-0.25, -0.2) is 0 Å². The zero-order chi connectivity index (χ0) is 10.7. The Balaban J connectivity index is 0.00000128. The molecule has 1 aromatic carbocycles. The van der Waals surface area contributed by atoms with Gasteiger partial charge in [0.1, 0.15) is 6.54 Å². The molecule has 0 aromatic heterocycles. The highest BCUT2D eigenvalue weighted by molar-refractivity contribution is 8.13. The minimum absolute atomic E-state index is 0. The molecule has 0 radical (unpaired) electrons. The highest BCUT2D eigenvalue weighted by atomic mass is 127. The average Bonchev–Trinajstić information content (AvgIpc) is 2.30. The zero-order valence-electron chi connectivity index (χ0n) is 9.45. The maximum Gasteiger partial charge on any atom is 0.216 e. The highest BCUT2D eigenvalue weighted by Crippen LogP contribution is 2.22. The van der Waals surface area contributed by atoms with Crippen molar-refractivity contribution < 1.29 is 28.6 Å². The van der Waals surface area contributed by atoms with E-state index in [1.807, 2.05) is 23.9 Å². The molecule has 1 aromatic rings. The van der Waals surface area contributed by atoms with E-state index < -0.39 is 0 Å². The number of rotatable bonds is 1. The van der Waals surface area contributed by atoms with E-state index in [9.17, 15) is 0 Å². The summed E-state index contributed by atoms with van der Waals surface area (Å²) in [6.07, 6.45) is 5.98. The second kappa shape index (κ2) is 6.49. The SMILES string of the molecule is CSC1=[N+](c2ccc(N)cc2)CCCC1.[I-]. The third-order valence-corrected chi connectivity index (χ3v) is 3.66. The molecular formula is C12H17IN2S. The van der Waals surface area contributed by atoms with Crippen LogP contribution in [0.25, 0.3) is 0 Å². The Kier molecular flexibility index (Phi) is 5.61. The maximum atomic E-state index is 5.69. The lowest BCUT2D eigenvalue weighted by Gasteiger charge is -2.12. The molecule has 0 fully saturated rings. The van der Waals surface area contributed by atoms with Gasteiger partial charge in [-0.3, -0.25) is 0 Å². The van der Waals surface area contributed by atoms with Crippen LogP contribution in [0.2, 0.25) is 0 Å². The van der Waals surface area contributed by atoms with Gasteiger partial charge in [-0.1, -0.05) is 11.8 Å². The molecule has 0 aliphatic carbocycles. The standard InChI is InChI=1S/C12H17N2S.HI/c1-15-12-4-2-3-9-14(12)11-7-5-10(13)6-8-11;/h5-8H,2-4,9,13H2,1H3;1H/q+1;/p-1. The van der Waals surface area contributed by atoms with Crippen molar-refractivity contribution >= 4 is 28.2 Å². The number of thioether (sulfide) groups is 1. The van der Waals surface area contributed by atoms with Crippen LogP contribution in [0.4, 0.5) is 11.4 Å². The van der Waals surface area contributed by atoms with Gasteiger partial charge in [-0.2, -0.15) is 4.58 Å². The van der Waals surface area contributed by atoms with Crippen LogP contribution in [0.15, 0.2) is 24.3 Å². The summed E-state index contributed by atoms with van der Waals surface area (Å²) in [5.41, 5.74) is 7.80. The largest absolute Gasteiger partial charge is 1.00 e. The molecule has 2 N–H and O–H groups in total. The number of nitrogens with two attached hydrogens (primary N) is 1. The zero-order valence-corrected chi connectivity index (χ0v) is 12.4. The Bertz CT molecular complexity index is 373. The van der Waals surface area contributed by atoms with Gasteiger partial charge in [0.2, 0.25) is 10.7 Å². The van der Waals surface area contributed by atoms with Gasteiger partial charge in [0.25, 0.3) is 0 Å². The molecule has 1 aliphatic heterocycles. The number of benzene rings is 1. The Morgan fingerprint density at radius 1 is 1.19 bits per heavy atom. The summed E-state index contributed by atoms with van der Waals surface area (Å²) in [6, 6.07) is 8.16. The van der Waals surface area contributed by atoms with Crippen LogP contribution < -0.4 is 29.7 Å². The van der Waals surface area contributed by atoms with Gasteiger partial charge in [0.05, 0.1) is 0 Å². The molecule has 0 unspecified atom stereocenters. The molecule has 2 rings (SSSR count). The summed E-state index contributed by atoms with van der Waals surface area (Å²) in [5, 5.41) is 1.48. The van der Waals surface area contributed by atoms with Gasteiger partial charge < -0.3 is 29.7 Å². The topological polar surface area (TPSA) is 29.0 Å². The molecule has 0 saturated carbocycles. The fourth-order valence-corrected chi connectivity index (χ4v) is 2.71. The third-order valence-electron chi connectivity index (χ3n) is 2.76. The van der Waals surface area contributed by atoms with Crippen molar-refractivity contribution in [3.05, 3.63) is 24.3 Å². The predicted molar refractivity (Wildman–Crippen MR) is 68.0 cm³/mol. The highest BCUT2D eigenvalue weighted by Gasteiger charge is 2.20. The molecule has 4 heteroatoms. The Hall–Kier alpha value is -0.230. The lowest BCUT2D eigenvalue weighted by atomic mass is 10.1. The van der Waals surface area contributed by atoms with Crippen molar-refractivity contribution in [1.29, 1.82) is 0 Å². The summed E-state index contributed by atoms with van der Waals surface area (Å²) < 4.78 is 2.41. The fourth-order valence-electron chi connectivity index (χ4n) is 1.95. The van der Waals surface area contributed by atoms with Crippen LogP contribution >= 0.6 is 11.8 Å². The van der Waals surface area contributed by atoms with Crippen LogP contribution in [-0.4, -0.2) is 22.4 Å². The van der Waals surface area contributed by atoms with Crippen LogP contribution in [0, 0.1) is 0 Å². The molecular weight excluding hydrogens is 331 g/mol. The summed E-state index contributed by atoms with van der Waals surface area (Å²) in [7, 11) is 0. The smallest absolute Gasteiger partial charge is 0.216 e. The van der Waals surface area contributed by atoms with E-state index in [0.29, 0.717) is 0 Å². The van der Waals surface area contributed by atoms with Gasteiger partial charge in [-0.05, 0) is 24.8 Å². The van der Waals surface area contributed by atoms with Gasteiger partial charge in [0.15, 0.2) is 0 Å². The predicted octanol–water partition coefficient (Wildman–Crippen LogP) is -0.138. The van der Waals surface area contributed by atoms with E-state index in [2.05, 4.69) is 23.0 Å². The van der Waals surface area contributed by atoms with Crippen molar-refractivity contribution in [2.45, 2.75) is 19.3 Å². The number of anilines is 1. The Morgan fingerprint density at radius 3 is 2.50 bits per heavy atom. The van der Waals surface area contributed by atoms with Crippen LogP contribution in [0.5, 0.6) is 0 Å². The van der Waals surface area contributed by atoms with E-state index in [1.165, 1.54) is 30.0 Å². The molecule has 0 spiro atoms. The van der Waals surface area contributed by atoms with Crippen molar-refractivity contribution in [3.63, 3.8) is 0 Å². The van der Waals surface area contributed by atoms with Gasteiger partial charge in [-0.15, -0.1) is 0 Å². The number of hydrogen-bond donors (Lipinski definition) is 1. The lowest BCUT2D eigenvalue weighted by molar-refractivity contribution is -0.443. The maximum absolute atomic E-state index is 5.69. The first kappa shape index (κ1) is 13.8. The molecule has 0 saturated heterocycles. The number of nitrogens with zero attached hydrogens (tertiary/aromatic N) is 1. The van der Waals surface area contributed by atoms with Gasteiger partial charge in [0, 0.05) is 30.7 Å². The molecule has 0 amide bonds. The quantitative estimate of drug-likeness (QED) is 0.435. The van der Waals surface area contributed by atoms with E-state index in [1.54, 1.807) is 0 Å². The van der Waals surface area contributed by atoms with Crippen molar-refractivity contribution in [2.75, 3.05) is 18.5 Å². The first-order valence-electron chi connectivity index (χ1n) is 5.34. The van der Waals surface area contributed by atoms with E-state index in [4.69, 9.17) is 5.73 Å².